The number of methoxy groups -OCH3 is 1. The van der Waals surface area contributed by atoms with Crippen molar-refractivity contribution in [3.8, 4) is 5.75 Å². The molecule has 0 saturated heterocycles. The molecule has 142 valence electrons. The molecule has 1 amide bonds. The van der Waals surface area contributed by atoms with Crippen LogP contribution in [0.25, 0.3) is 5.57 Å². The largest absolute Gasteiger partial charge is 0.496 e. The topological polar surface area (TPSA) is 67.1 Å². The van der Waals surface area contributed by atoms with E-state index in [-0.39, 0.29) is 11.3 Å². The van der Waals surface area contributed by atoms with Crippen molar-refractivity contribution in [1.82, 2.24) is 5.43 Å². The van der Waals surface area contributed by atoms with Gasteiger partial charge in [0.05, 0.1) is 25.1 Å². The van der Waals surface area contributed by atoms with Gasteiger partial charge in [0.2, 0.25) is 0 Å². The van der Waals surface area contributed by atoms with E-state index in [1.807, 2.05) is 12.1 Å². The van der Waals surface area contributed by atoms with Crippen LogP contribution in [0.5, 0.6) is 5.75 Å². The van der Waals surface area contributed by atoms with Crippen LogP contribution in [-0.4, -0.2) is 31.3 Å². The third-order valence-corrected chi connectivity index (χ3v) is 4.76. The Kier molecular flexibility index (Phi) is 5.08. The van der Waals surface area contributed by atoms with Crippen molar-refractivity contribution in [2.45, 2.75) is 33.2 Å². The van der Waals surface area contributed by atoms with Crippen molar-refractivity contribution in [2.75, 3.05) is 18.6 Å². The van der Waals surface area contributed by atoms with E-state index >= 15 is 0 Å². The molecule has 1 aromatic heterocycles. The fourth-order valence-corrected chi connectivity index (χ4v) is 3.60. The van der Waals surface area contributed by atoms with Crippen LogP contribution in [-0.2, 0) is 0 Å². The van der Waals surface area contributed by atoms with E-state index in [1.54, 1.807) is 25.5 Å². The van der Waals surface area contributed by atoms with Gasteiger partial charge in [0.1, 0.15) is 5.75 Å². The molecule has 6 nitrogen and oxygen atoms in total. The summed E-state index contributed by atoms with van der Waals surface area (Å²) in [5.41, 5.74) is 6.67. The van der Waals surface area contributed by atoms with Crippen LogP contribution in [0.1, 0.15) is 49.4 Å². The molecule has 1 aliphatic rings. The molecule has 1 aromatic carbocycles. The molecule has 3 rings (SSSR count). The number of hydrazone groups is 1. The fourth-order valence-electron chi connectivity index (χ4n) is 3.60. The molecule has 0 fully saturated rings. The lowest BCUT2D eigenvalue weighted by Crippen LogP contribution is -2.44. The average Bonchev–Trinajstić information content (AvgIpc) is 3.16. The quantitative estimate of drug-likeness (QED) is 0.639. The minimum atomic E-state index is -0.400. The standard InChI is InChI=1S/C21H25N3O3/c1-6-24-17-11-19(26-5)15(10-16(17)14(2)12-21(24,3)4)13-22-23-20(25)18-8-7-9-27-18/h7-13H,6H2,1-5H3,(H,23,25)/b22-13+. The first-order valence-corrected chi connectivity index (χ1v) is 8.93. The number of carbonyl (C=O) groups is 1. The maximum absolute atomic E-state index is 11.9. The van der Waals surface area contributed by atoms with Crippen molar-refractivity contribution in [3.63, 3.8) is 0 Å². The van der Waals surface area contributed by atoms with Gasteiger partial charge in [0, 0.05) is 29.4 Å². The summed E-state index contributed by atoms with van der Waals surface area (Å²) in [5.74, 6) is 0.515. The average molecular weight is 367 g/mol. The number of hydrogen-bond donors (Lipinski definition) is 1. The zero-order valence-corrected chi connectivity index (χ0v) is 16.4. The molecule has 1 aliphatic heterocycles. The summed E-state index contributed by atoms with van der Waals surface area (Å²) < 4.78 is 10.6. The molecule has 0 bridgehead atoms. The molecule has 0 atom stereocenters. The molecule has 1 N–H and O–H groups in total. The lowest BCUT2D eigenvalue weighted by Gasteiger charge is -2.43. The van der Waals surface area contributed by atoms with Gasteiger partial charge in [-0.05, 0) is 51.5 Å². The van der Waals surface area contributed by atoms with Gasteiger partial charge in [-0.1, -0.05) is 6.08 Å². The van der Waals surface area contributed by atoms with E-state index in [4.69, 9.17) is 9.15 Å². The number of ether oxygens (including phenoxy) is 1. The highest BCUT2D eigenvalue weighted by Crippen LogP contribution is 2.41. The van der Waals surface area contributed by atoms with E-state index in [2.05, 4.69) is 49.2 Å². The Morgan fingerprint density at radius 2 is 2.19 bits per heavy atom. The zero-order chi connectivity index (χ0) is 19.6. The maximum atomic E-state index is 11.9. The fraction of sp³-hybridized carbons (Fsp3) is 0.333. The van der Waals surface area contributed by atoms with Crippen LogP contribution in [0.4, 0.5) is 5.69 Å². The molecule has 0 radical (unpaired) electrons. The molecule has 2 heterocycles. The normalized spacial score (nSPS) is 15.4. The highest BCUT2D eigenvalue weighted by atomic mass is 16.5. The van der Waals surface area contributed by atoms with E-state index < -0.39 is 5.91 Å². The summed E-state index contributed by atoms with van der Waals surface area (Å²) in [7, 11) is 1.63. The number of anilines is 1. The van der Waals surface area contributed by atoms with Crippen LogP contribution in [0.15, 0.2) is 46.1 Å². The van der Waals surface area contributed by atoms with Crippen LogP contribution >= 0.6 is 0 Å². The summed E-state index contributed by atoms with van der Waals surface area (Å²) in [5, 5.41) is 4.05. The molecule has 0 unspecified atom stereocenters. The lowest BCUT2D eigenvalue weighted by atomic mass is 9.88. The Labute approximate surface area is 159 Å². The van der Waals surface area contributed by atoms with Gasteiger partial charge < -0.3 is 14.1 Å². The van der Waals surface area contributed by atoms with Crippen LogP contribution in [0.2, 0.25) is 0 Å². The minimum Gasteiger partial charge on any atom is -0.496 e. The van der Waals surface area contributed by atoms with Crippen LogP contribution in [0, 0.1) is 0 Å². The number of hydrogen-bond acceptors (Lipinski definition) is 5. The Balaban J connectivity index is 1.92. The molecule has 0 spiro atoms. The number of allylic oxidation sites excluding steroid dienone is 1. The lowest BCUT2D eigenvalue weighted by molar-refractivity contribution is 0.0927. The second-order valence-corrected chi connectivity index (χ2v) is 7.01. The molecule has 0 saturated carbocycles. The van der Waals surface area contributed by atoms with Gasteiger partial charge in [-0.15, -0.1) is 0 Å². The van der Waals surface area contributed by atoms with Gasteiger partial charge in [-0.2, -0.15) is 5.10 Å². The number of furan rings is 1. The molecule has 0 aliphatic carbocycles. The monoisotopic (exact) mass is 367 g/mol. The van der Waals surface area contributed by atoms with Crippen molar-refractivity contribution < 1.29 is 13.9 Å². The highest BCUT2D eigenvalue weighted by molar-refractivity contribution is 5.94. The molecule has 6 heteroatoms. The summed E-state index contributed by atoms with van der Waals surface area (Å²) in [6.07, 6.45) is 5.30. The van der Waals surface area contributed by atoms with E-state index in [9.17, 15) is 4.79 Å². The number of rotatable bonds is 5. The number of nitrogens with one attached hydrogen (secondary N) is 1. The zero-order valence-electron chi connectivity index (χ0n) is 16.4. The van der Waals surface area contributed by atoms with Crippen molar-refractivity contribution in [3.05, 3.63) is 53.5 Å². The predicted molar refractivity (Wildman–Crippen MR) is 108 cm³/mol. The number of carbonyl (C=O) groups excluding carboxylic acids is 1. The van der Waals surface area contributed by atoms with Gasteiger partial charge in [0.15, 0.2) is 5.76 Å². The van der Waals surface area contributed by atoms with Crippen molar-refractivity contribution >= 4 is 23.4 Å². The SMILES string of the molecule is CCN1c2cc(OC)c(/C=N/NC(=O)c3ccco3)cc2C(C)=CC1(C)C. The summed E-state index contributed by atoms with van der Waals surface area (Å²) in [6, 6.07) is 7.31. The van der Waals surface area contributed by atoms with Crippen LogP contribution < -0.4 is 15.1 Å². The third-order valence-electron chi connectivity index (χ3n) is 4.76. The highest BCUT2D eigenvalue weighted by Gasteiger charge is 2.31. The second-order valence-electron chi connectivity index (χ2n) is 7.01. The van der Waals surface area contributed by atoms with Crippen LogP contribution in [0.3, 0.4) is 0 Å². The van der Waals surface area contributed by atoms with Crippen molar-refractivity contribution in [1.29, 1.82) is 0 Å². The van der Waals surface area contributed by atoms with E-state index in [0.717, 1.165) is 23.4 Å². The predicted octanol–water partition coefficient (Wildman–Crippen LogP) is 4.07. The Bertz CT molecular complexity index is 896. The summed E-state index contributed by atoms with van der Waals surface area (Å²) in [4.78, 5) is 14.3. The van der Waals surface area contributed by atoms with E-state index in [0.29, 0.717) is 5.75 Å². The first kappa shape index (κ1) is 18.8. The maximum Gasteiger partial charge on any atom is 0.307 e. The second kappa shape index (κ2) is 7.31. The van der Waals surface area contributed by atoms with Gasteiger partial charge in [-0.25, -0.2) is 5.43 Å². The third kappa shape index (κ3) is 3.60. The Morgan fingerprint density at radius 3 is 2.81 bits per heavy atom. The summed E-state index contributed by atoms with van der Waals surface area (Å²) >= 11 is 0. The van der Waals surface area contributed by atoms with Crippen molar-refractivity contribution in [2.24, 2.45) is 5.10 Å². The molecular weight excluding hydrogens is 342 g/mol. The Hall–Kier alpha value is -3.02. The van der Waals surface area contributed by atoms with Gasteiger partial charge >= 0.3 is 5.91 Å². The number of fused-ring (bicyclic) bond motifs is 1. The first-order chi connectivity index (χ1) is 12.9. The number of nitrogens with zero attached hydrogens (tertiary/aromatic N) is 2. The minimum absolute atomic E-state index is 0.0660. The number of likely N-dealkylation sites (N-methyl/N-ethyl adjacent to an activating group) is 1. The smallest absolute Gasteiger partial charge is 0.307 e. The van der Waals surface area contributed by atoms with E-state index in [1.165, 1.54) is 11.8 Å². The molecule has 27 heavy (non-hydrogen) atoms. The molecular formula is C21H25N3O3. The number of benzene rings is 1. The summed E-state index contributed by atoms with van der Waals surface area (Å²) in [6.45, 7) is 9.55. The van der Waals surface area contributed by atoms with Gasteiger partial charge in [0.25, 0.3) is 0 Å². The number of amides is 1. The molecule has 2 aromatic rings. The van der Waals surface area contributed by atoms with Gasteiger partial charge in [-0.3, -0.25) is 4.79 Å². The Morgan fingerprint density at radius 1 is 1.41 bits per heavy atom. The first-order valence-electron chi connectivity index (χ1n) is 8.93.